The molecule has 1 heterocycles. The van der Waals surface area contributed by atoms with E-state index in [9.17, 15) is 4.79 Å². The normalized spacial score (nSPS) is 12.2. The van der Waals surface area contributed by atoms with Gasteiger partial charge in [-0.15, -0.1) is 0 Å². The molecule has 0 saturated carbocycles. The lowest BCUT2D eigenvalue weighted by Gasteiger charge is -2.14. The van der Waals surface area contributed by atoms with Crippen LogP contribution < -0.4 is 10.6 Å². The Morgan fingerprint density at radius 2 is 2.05 bits per heavy atom. The van der Waals surface area contributed by atoms with Crippen molar-refractivity contribution in [3.63, 3.8) is 0 Å². The Balaban J connectivity index is 2.17. The molecular formula is C16H28N2O3. The van der Waals surface area contributed by atoms with Gasteiger partial charge in [0, 0.05) is 25.3 Å². The summed E-state index contributed by atoms with van der Waals surface area (Å²) in [6.45, 7) is 10.0. The number of hydrogen-bond acceptors (Lipinski definition) is 3. The van der Waals surface area contributed by atoms with Crippen molar-refractivity contribution in [3.8, 4) is 0 Å². The number of ether oxygens (including phenoxy) is 1. The van der Waals surface area contributed by atoms with Crippen molar-refractivity contribution in [1.29, 1.82) is 0 Å². The van der Waals surface area contributed by atoms with Crippen LogP contribution in [0.1, 0.15) is 56.2 Å². The van der Waals surface area contributed by atoms with E-state index >= 15 is 0 Å². The van der Waals surface area contributed by atoms with Gasteiger partial charge in [0.1, 0.15) is 11.5 Å². The highest BCUT2D eigenvalue weighted by Gasteiger charge is 2.14. The van der Waals surface area contributed by atoms with E-state index in [4.69, 9.17) is 9.15 Å². The first-order valence-electron chi connectivity index (χ1n) is 7.73. The second-order valence-corrected chi connectivity index (χ2v) is 5.31. The molecule has 1 unspecified atom stereocenters. The molecule has 0 radical (unpaired) electrons. The minimum Gasteiger partial charge on any atom is -0.466 e. The molecule has 120 valence electrons. The van der Waals surface area contributed by atoms with Crippen molar-refractivity contribution < 1.29 is 13.9 Å². The summed E-state index contributed by atoms with van der Waals surface area (Å²) in [6.07, 6.45) is 3.07. The quantitative estimate of drug-likeness (QED) is 0.686. The molecular weight excluding hydrogens is 268 g/mol. The molecule has 5 heteroatoms. The molecule has 0 aliphatic heterocycles. The Morgan fingerprint density at radius 3 is 2.67 bits per heavy atom. The number of unbranched alkanes of at least 4 members (excludes halogenated alkanes) is 1. The van der Waals surface area contributed by atoms with Crippen molar-refractivity contribution in [1.82, 2.24) is 10.6 Å². The van der Waals surface area contributed by atoms with Gasteiger partial charge in [-0.2, -0.15) is 0 Å². The Morgan fingerprint density at radius 1 is 1.33 bits per heavy atom. The molecule has 2 N–H and O–H groups in total. The third kappa shape index (κ3) is 6.67. The number of rotatable bonds is 9. The van der Waals surface area contributed by atoms with Gasteiger partial charge in [-0.3, -0.25) is 0 Å². The third-order valence-corrected chi connectivity index (χ3v) is 3.29. The van der Waals surface area contributed by atoms with Crippen LogP contribution in [0.15, 0.2) is 10.5 Å². The van der Waals surface area contributed by atoms with E-state index in [0.717, 1.165) is 43.0 Å². The fraction of sp³-hybridized carbons (Fsp3) is 0.688. The number of amides is 2. The Bertz CT molecular complexity index is 429. The highest BCUT2D eigenvalue weighted by molar-refractivity contribution is 5.74. The highest BCUT2D eigenvalue weighted by Crippen LogP contribution is 2.20. The second-order valence-electron chi connectivity index (χ2n) is 5.31. The summed E-state index contributed by atoms with van der Waals surface area (Å²) in [4.78, 5) is 11.8. The summed E-state index contributed by atoms with van der Waals surface area (Å²) < 4.78 is 10.9. The number of carbonyl (C=O) groups is 1. The SMILES string of the molecule is CCCCOCCCNC(=O)NC(C)c1cc(C)oc1C. The fourth-order valence-electron chi connectivity index (χ4n) is 2.13. The molecule has 1 aromatic rings. The van der Waals surface area contributed by atoms with E-state index < -0.39 is 0 Å². The topological polar surface area (TPSA) is 63.5 Å². The maximum atomic E-state index is 11.8. The minimum atomic E-state index is -0.158. The van der Waals surface area contributed by atoms with Crippen molar-refractivity contribution in [2.24, 2.45) is 0 Å². The monoisotopic (exact) mass is 296 g/mol. The predicted octanol–water partition coefficient (Wildman–Crippen LogP) is 3.46. The molecule has 0 aliphatic carbocycles. The standard InChI is InChI=1S/C16H28N2O3/c1-5-6-9-20-10-7-8-17-16(19)18-13(3)15-11-12(2)21-14(15)4/h11,13H,5-10H2,1-4H3,(H2,17,18,19). The fourth-order valence-corrected chi connectivity index (χ4v) is 2.13. The number of furan rings is 1. The van der Waals surface area contributed by atoms with E-state index in [0.29, 0.717) is 13.2 Å². The lowest BCUT2D eigenvalue weighted by atomic mass is 10.1. The largest absolute Gasteiger partial charge is 0.466 e. The Labute approximate surface area is 127 Å². The lowest BCUT2D eigenvalue weighted by Crippen LogP contribution is -2.37. The van der Waals surface area contributed by atoms with Crippen LogP contribution >= 0.6 is 0 Å². The Kier molecular flexibility index (Phi) is 7.90. The smallest absolute Gasteiger partial charge is 0.315 e. The summed E-state index contributed by atoms with van der Waals surface area (Å²) in [7, 11) is 0. The van der Waals surface area contributed by atoms with Crippen molar-refractivity contribution in [3.05, 3.63) is 23.2 Å². The van der Waals surface area contributed by atoms with Crippen LogP contribution in [0.4, 0.5) is 4.79 Å². The summed E-state index contributed by atoms with van der Waals surface area (Å²) in [5.41, 5.74) is 1.02. The molecule has 0 saturated heterocycles. The predicted molar refractivity (Wildman–Crippen MR) is 83.5 cm³/mol. The zero-order valence-electron chi connectivity index (χ0n) is 13.6. The number of urea groups is 1. The summed E-state index contributed by atoms with van der Waals surface area (Å²) in [6, 6.07) is 1.74. The molecule has 0 aliphatic rings. The number of hydrogen-bond donors (Lipinski definition) is 2. The molecule has 5 nitrogen and oxygen atoms in total. The van der Waals surface area contributed by atoms with Gasteiger partial charge in [-0.1, -0.05) is 13.3 Å². The molecule has 0 spiro atoms. The maximum Gasteiger partial charge on any atom is 0.315 e. The summed E-state index contributed by atoms with van der Waals surface area (Å²) in [5, 5.41) is 5.75. The van der Waals surface area contributed by atoms with Gasteiger partial charge in [0.15, 0.2) is 0 Å². The first kappa shape index (κ1) is 17.6. The van der Waals surface area contributed by atoms with Gasteiger partial charge >= 0.3 is 6.03 Å². The van der Waals surface area contributed by atoms with E-state index in [2.05, 4.69) is 17.6 Å². The molecule has 2 amide bonds. The van der Waals surface area contributed by atoms with Crippen LogP contribution in [-0.4, -0.2) is 25.8 Å². The molecule has 0 bridgehead atoms. The van der Waals surface area contributed by atoms with Gasteiger partial charge in [0.05, 0.1) is 6.04 Å². The van der Waals surface area contributed by atoms with Crippen molar-refractivity contribution in [2.75, 3.05) is 19.8 Å². The van der Waals surface area contributed by atoms with Crippen molar-refractivity contribution >= 4 is 6.03 Å². The van der Waals surface area contributed by atoms with Crippen LogP contribution in [0.3, 0.4) is 0 Å². The van der Waals surface area contributed by atoms with E-state index in [1.54, 1.807) is 0 Å². The minimum absolute atomic E-state index is 0.0664. The zero-order valence-corrected chi connectivity index (χ0v) is 13.6. The average molecular weight is 296 g/mol. The van der Waals surface area contributed by atoms with Gasteiger partial charge < -0.3 is 19.8 Å². The van der Waals surface area contributed by atoms with Crippen LogP contribution in [0.5, 0.6) is 0 Å². The Hall–Kier alpha value is -1.49. The molecule has 0 fully saturated rings. The van der Waals surface area contributed by atoms with Gasteiger partial charge in [-0.05, 0) is 39.7 Å². The second kappa shape index (κ2) is 9.45. The third-order valence-electron chi connectivity index (χ3n) is 3.29. The first-order chi connectivity index (χ1) is 10.0. The number of nitrogens with one attached hydrogen (secondary N) is 2. The first-order valence-corrected chi connectivity index (χ1v) is 7.73. The van der Waals surface area contributed by atoms with E-state index in [-0.39, 0.29) is 12.1 Å². The van der Waals surface area contributed by atoms with Gasteiger partial charge in [0.25, 0.3) is 0 Å². The maximum absolute atomic E-state index is 11.8. The number of carbonyl (C=O) groups excluding carboxylic acids is 1. The molecule has 21 heavy (non-hydrogen) atoms. The average Bonchev–Trinajstić information content (AvgIpc) is 2.76. The molecule has 1 aromatic heterocycles. The zero-order chi connectivity index (χ0) is 15.7. The van der Waals surface area contributed by atoms with Crippen LogP contribution in [0.25, 0.3) is 0 Å². The lowest BCUT2D eigenvalue weighted by molar-refractivity contribution is 0.129. The van der Waals surface area contributed by atoms with Crippen LogP contribution in [-0.2, 0) is 4.74 Å². The summed E-state index contributed by atoms with van der Waals surface area (Å²) in [5.74, 6) is 1.71. The van der Waals surface area contributed by atoms with Crippen molar-refractivity contribution in [2.45, 2.75) is 53.0 Å². The van der Waals surface area contributed by atoms with Crippen LogP contribution in [0.2, 0.25) is 0 Å². The van der Waals surface area contributed by atoms with E-state index in [1.165, 1.54) is 0 Å². The van der Waals surface area contributed by atoms with Gasteiger partial charge in [0.2, 0.25) is 0 Å². The molecule has 0 aromatic carbocycles. The van der Waals surface area contributed by atoms with E-state index in [1.807, 2.05) is 26.8 Å². The highest BCUT2D eigenvalue weighted by atomic mass is 16.5. The number of aryl methyl sites for hydroxylation is 2. The molecule has 1 atom stereocenters. The summed E-state index contributed by atoms with van der Waals surface area (Å²) >= 11 is 0. The van der Waals surface area contributed by atoms with Crippen LogP contribution in [0, 0.1) is 13.8 Å². The molecule has 1 rings (SSSR count). The van der Waals surface area contributed by atoms with Gasteiger partial charge in [-0.25, -0.2) is 4.79 Å².